The molecule has 0 bridgehead atoms. The van der Waals surface area contributed by atoms with Crippen LogP contribution in [0.5, 0.6) is 5.75 Å². The summed E-state index contributed by atoms with van der Waals surface area (Å²) in [5, 5.41) is 3.47. The molecule has 1 aliphatic carbocycles. The number of hydrogen-bond donors (Lipinski definition) is 1. The standard InChI is InChI=1S/C20H26N2O/c1-15-13-18(10-11-19(15)23-2)17-8-6-16(7-9-17)14-22-20-5-3-4-12-21-20/h3-5,10-13,16-17H,6-9,14H2,1-2H3,(H,21,22). The van der Waals surface area contributed by atoms with Gasteiger partial charge in [0.05, 0.1) is 7.11 Å². The van der Waals surface area contributed by atoms with E-state index in [4.69, 9.17) is 4.74 Å². The van der Waals surface area contributed by atoms with Crippen molar-refractivity contribution in [1.82, 2.24) is 4.98 Å². The predicted octanol–water partition coefficient (Wildman–Crippen LogP) is 4.78. The van der Waals surface area contributed by atoms with Crippen molar-refractivity contribution in [3.63, 3.8) is 0 Å². The largest absolute Gasteiger partial charge is 0.496 e. The van der Waals surface area contributed by atoms with Crippen LogP contribution >= 0.6 is 0 Å². The summed E-state index contributed by atoms with van der Waals surface area (Å²) < 4.78 is 5.36. The highest BCUT2D eigenvalue weighted by atomic mass is 16.5. The van der Waals surface area contributed by atoms with E-state index in [1.165, 1.54) is 36.8 Å². The normalized spacial score (nSPS) is 21.0. The van der Waals surface area contributed by atoms with Crippen LogP contribution in [0.15, 0.2) is 42.6 Å². The third kappa shape index (κ3) is 4.04. The van der Waals surface area contributed by atoms with Gasteiger partial charge in [-0.25, -0.2) is 4.98 Å². The Hall–Kier alpha value is -2.03. The van der Waals surface area contributed by atoms with Crippen LogP contribution < -0.4 is 10.1 Å². The van der Waals surface area contributed by atoms with Gasteiger partial charge in [0.2, 0.25) is 0 Å². The van der Waals surface area contributed by atoms with Crippen molar-refractivity contribution in [3.05, 3.63) is 53.7 Å². The first-order chi connectivity index (χ1) is 11.3. The summed E-state index contributed by atoms with van der Waals surface area (Å²) in [7, 11) is 1.74. The molecule has 1 N–H and O–H groups in total. The van der Waals surface area contributed by atoms with Crippen LogP contribution in [-0.4, -0.2) is 18.6 Å². The van der Waals surface area contributed by atoms with Crippen molar-refractivity contribution in [2.45, 2.75) is 38.5 Å². The zero-order chi connectivity index (χ0) is 16.1. The molecular formula is C20H26N2O. The first-order valence-electron chi connectivity index (χ1n) is 8.55. The molecule has 3 heteroatoms. The number of ether oxygens (including phenoxy) is 1. The topological polar surface area (TPSA) is 34.1 Å². The van der Waals surface area contributed by atoms with E-state index in [0.717, 1.165) is 24.0 Å². The van der Waals surface area contributed by atoms with Crippen molar-refractivity contribution >= 4 is 5.82 Å². The van der Waals surface area contributed by atoms with Gasteiger partial charge < -0.3 is 10.1 Å². The molecule has 1 heterocycles. The molecular weight excluding hydrogens is 284 g/mol. The molecule has 0 radical (unpaired) electrons. The van der Waals surface area contributed by atoms with Crippen LogP contribution in [0.25, 0.3) is 0 Å². The van der Waals surface area contributed by atoms with Gasteiger partial charge in [-0.15, -0.1) is 0 Å². The number of aromatic nitrogens is 1. The van der Waals surface area contributed by atoms with E-state index < -0.39 is 0 Å². The Morgan fingerprint density at radius 3 is 2.61 bits per heavy atom. The van der Waals surface area contributed by atoms with E-state index in [-0.39, 0.29) is 0 Å². The van der Waals surface area contributed by atoms with Crippen LogP contribution in [0, 0.1) is 12.8 Å². The third-order valence-corrected chi connectivity index (χ3v) is 4.97. The average molecular weight is 310 g/mol. The van der Waals surface area contributed by atoms with Gasteiger partial charge in [-0.2, -0.15) is 0 Å². The van der Waals surface area contributed by atoms with Gasteiger partial charge in [-0.05, 0) is 73.8 Å². The van der Waals surface area contributed by atoms with E-state index in [1.54, 1.807) is 7.11 Å². The Kier molecular flexibility index (Phi) is 5.16. The van der Waals surface area contributed by atoms with E-state index in [1.807, 2.05) is 24.4 Å². The van der Waals surface area contributed by atoms with Gasteiger partial charge >= 0.3 is 0 Å². The van der Waals surface area contributed by atoms with Crippen molar-refractivity contribution < 1.29 is 4.74 Å². The lowest BCUT2D eigenvalue weighted by Gasteiger charge is -2.29. The highest BCUT2D eigenvalue weighted by molar-refractivity contribution is 5.38. The van der Waals surface area contributed by atoms with Gasteiger partial charge in [-0.1, -0.05) is 18.2 Å². The number of pyridine rings is 1. The second kappa shape index (κ2) is 7.49. The first kappa shape index (κ1) is 15.9. The second-order valence-corrected chi connectivity index (χ2v) is 6.54. The molecule has 3 nitrogen and oxygen atoms in total. The predicted molar refractivity (Wildman–Crippen MR) is 95.2 cm³/mol. The number of nitrogens with zero attached hydrogens (tertiary/aromatic N) is 1. The Morgan fingerprint density at radius 1 is 1.13 bits per heavy atom. The summed E-state index contributed by atoms with van der Waals surface area (Å²) in [6, 6.07) is 12.7. The van der Waals surface area contributed by atoms with Crippen molar-refractivity contribution in [2.24, 2.45) is 5.92 Å². The van der Waals surface area contributed by atoms with Crippen molar-refractivity contribution in [2.75, 3.05) is 19.0 Å². The fourth-order valence-electron chi connectivity index (χ4n) is 3.57. The molecule has 0 spiro atoms. The van der Waals surface area contributed by atoms with Crippen LogP contribution in [0.4, 0.5) is 5.82 Å². The van der Waals surface area contributed by atoms with Crippen LogP contribution in [-0.2, 0) is 0 Å². The van der Waals surface area contributed by atoms with Gasteiger partial charge in [0.1, 0.15) is 11.6 Å². The van der Waals surface area contributed by atoms with Crippen LogP contribution in [0.2, 0.25) is 0 Å². The monoisotopic (exact) mass is 310 g/mol. The molecule has 1 fully saturated rings. The highest BCUT2D eigenvalue weighted by Gasteiger charge is 2.22. The molecule has 1 aliphatic rings. The molecule has 1 aromatic carbocycles. The lowest BCUT2D eigenvalue weighted by Crippen LogP contribution is -2.20. The molecule has 3 rings (SSSR count). The maximum Gasteiger partial charge on any atom is 0.125 e. The lowest BCUT2D eigenvalue weighted by molar-refractivity contribution is 0.338. The molecule has 0 saturated heterocycles. The Balaban J connectivity index is 1.51. The summed E-state index contributed by atoms with van der Waals surface area (Å²) in [5.74, 6) is 3.43. The SMILES string of the molecule is COc1ccc(C2CCC(CNc3ccccn3)CC2)cc1C. The quantitative estimate of drug-likeness (QED) is 0.862. The lowest BCUT2D eigenvalue weighted by atomic mass is 9.78. The smallest absolute Gasteiger partial charge is 0.125 e. The number of anilines is 1. The number of benzene rings is 1. The number of methoxy groups -OCH3 is 1. The zero-order valence-electron chi connectivity index (χ0n) is 14.1. The van der Waals surface area contributed by atoms with Crippen LogP contribution in [0.3, 0.4) is 0 Å². The van der Waals surface area contributed by atoms with Crippen molar-refractivity contribution in [1.29, 1.82) is 0 Å². The molecule has 2 aromatic rings. The maximum absolute atomic E-state index is 5.36. The minimum absolute atomic E-state index is 0.700. The summed E-state index contributed by atoms with van der Waals surface area (Å²) >= 11 is 0. The Morgan fingerprint density at radius 2 is 1.96 bits per heavy atom. The van der Waals surface area contributed by atoms with E-state index in [9.17, 15) is 0 Å². The Bertz CT molecular complexity index is 619. The molecule has 0 aliphatic heterocycles. The molecule has 1 aromatic heterocycles. The van der Waals surface area contributed by atoms with Gasteiger partial charge in [0.25, 0.3) is 0 Å². The molecule has 0 unspecified atom stereocenters. The molecule has 0 atom stereocenters. The van der Waals surface area contributed by atoms with Crippen LogP contribution in [0.1, 0.15) is 42.7 Å². The van der Waals surface area contributed by atoms with Gasteiger partial charge in [-0.3, -0.25) is 0 Å². The van der Waals surface area contributed by atoms with Gasteiger partial charge in [0, 0.05) is 12.7 Å². The summed E-state index contributed by atoms with van der Waals surface area (Å²) in [5.41, 5.74) is 2.71. The van der Waals surface area contributed by atoms with E-state index in [2.05, 4.69) is 35.4 Å². The third-order valence-electron chi connectivity index (χ3n) is 4.97. The molecule has 0 amide bonds. The fraction of sp³-hybridized carbons (Fsp3) is 0.450. The van der Waals surface area contributed by atoms with Crippen molar-refractivity contribution in [3.8, 4) is 5.75 Å². The van der Waals surface area contributed by atoms with Gasteiger partial charge in [0.15, 0.2) is 0 Å². The maximum atomic E-state index is 5.36. The second-order valence-electron chi connectivity index (χ2n) is 6.54. The number of hydrogen-bond acceptors (Lipinski definition) is 3. The number of aryl methyl sites for hydroxylation is 1. The number of rotatable bonds is 5. The minimum Gasteiger partial charge on any atom is -0.496 e. The Labute approximate surface area is 139 Å². The summed E-state index contributed by atoms with van der Waals surface area (Å²) in [6.45, 7) is 3.16. The molecule has 1 saturated carbocycles. The highest BCUT2D eigenvalue weighted by Crippen LogP contribution is 2.37. The average Bonchev–Trinajstić information content (AvgIpc) is 2.61. The first-order valence-corrected chi connectivity index (χ1v) is 8.55. The van der Waals surface area contributed by atoms with E-state index in [0.29, 0.717) is 5.92 Å². The zero-order valence-corrected chi connectivity index (χ0v) is 14.1. The van der Waals surface area contributed by atoms with E-state index >= 15 is 0 Å². The summed E-state index contributed by atoms with van der Waals surface area (Å²) in [4.78, 5) is 4.33. The molecule has 23 heavy (non-hydrogen) atoms. The summed E-state index contributed by atoms with van der Waals surface area (Å²) in [6.07, 6.45) is 6.97. The number of nitrogens with one attached hydrogen (secondary N) is 1. The minimum atomic E-state index is 0.700. The fourth-order valence-corrected chi connectivity index (χ4v) is 3.57. The molecule has 122 valence electrons.